The molecule has 0 radical (unpaired) electrons. The summed E-state index contributed by atoms with van der Waals surface area (Å²) in [7, 11) is 0. The molecule has 0 saturated carbocycles. The summed E-state index contributed by atoms with van der Waals surface area (Å²) in [5.74, 6) is 0.0908. The summed E-state index contributed by atoms with van der Waals surface area (Å²) < 4.78 is 49.1. The van der Waals surface area contributed by atoms with Gasteiger partial charge in [0, 0.05) is 29.3 Å². The highest BCUT2D eigenvalue weighted by molar-refractivity contribution is 9.09. The Morgan fingerprint density at radius 1 is 1.17 bits per heavy atom. The monoisotopic (exact) mass is 486 g/mol. The molecule has 0 aliphatic carbocycles. The Balaban J connectivity index is 2.17. The Morgan fingerprint density at radius 3 is 2.57 bits per heavy atom. The van der Waals surface area contributed by atoms with E-state index in [2.05, 4.69) is 27.8 Å². The molecular formula is C20H18BrF3N2O4. The lowest BCUT2D eigenvalue weighted by Crippen LogP contribution is -2.35. The molecule has 0 aliphatic heterocycles. The van der Waals surface area contributed by atoms with Crippen molar-refractivity contribution in [1.82, 2.24) is 0 Å². The molecule has 2 amide bonds. The van der Waals surface area contributed by atoms with Crippen LogP contribution < -0.4 is 15.0 Å². The van der Waals surface area contributed by atoms with Crippen LogP contribution in [-0.4, -0.2) is 30.7 Å². The Morgan fingerprint density at radius 2 is 1.90 bits per heavy atom. The SMILES string of the molecule is C=CCOC(=O)Nc1cccc(OC(=O)N(CCBr)c2cccc(C(F)(F)F)c2)c1. The molecule has 10 heteroatoms. The number of alkyl halides is 4. The third-order valence-electron chi connectivity index (χ3n) is 3.63. The largest absolute Gasteiger partial charge is 0.445 e. The second-order valence-electron chi connectivity index (χ2n) is 5.80. The first-order valence-corrected chi connectivity index (χ1v) is 9.74. The van der Waals surface area contributed by atoms with E-state index in [1.165, 1.54) is 36.4 Å². The van der Waals surface area contributed by atoms with E-state index in [1.54, 1.807) is 6.07 Å². The Labute approximate surface area is 179 Å². The highest BCUT2D eigenvalue weighted by Crippen LogP contribution is 2.32. The third-order valence-corrected chi connectivity index (χ3v) is 3.99. The first-order chi connectivity index (χ1) is 14.2. The molecule has 0 spiro atoms. The van der Waals surface area contributed by atoms with Gasteiger partial charge in [-0.05, 0) is 30.3 Å². The molecule has 0 aliphatic rings. The Bertz CT molecular complexity index is 906. The van der Waals surface area contributed by atoms with Crippen molar-refractivity contribution in [3.8, 4) is 5.75 Å². The van der Waals surface area contributed by atoms with E-state index in [0.29, 0.717) is 11.0 Å². The minimum Gasteiger partial charge on any atom is -0.445 e. The van der Waals surface area contributed by atoms with E-state index >= 15 is 0 Å². The lowest BCUT2D eigenvalue weighted by molar-refractivity contribution is -0.137. The third kappa shape index (κ3) is 6.80. The summed E-state index contributed by atoms with van der Waals surface area (Å²) in [6, 6.07) is 10.3. The van der Waals surface area contributed by atoms with Crippen LogP contribution in [0.15, 0.2) is 61.2 Å². The van der Waals surface area contributed by atoms with Crippen molar-refractivity contribution in [2.75, 3.05) is 28.7 Å². The molecule has 0 fully saturated rings. The average Bonchev–Trinajstić information content (AvgIpc) is 2.70. The van der Waals surface area contributed by atoms with Gasteiger partial charge in [-0.1, -0.05) is 40.7 Å². The first kappa shape index (κ1) is 23.3. The molecule has 30 heavy (non-hydrogen) atoms. The highest BCUT2D eigenvalue weighted by atomic mass is 79.9. The summed E-state index contributed by atoms with van der Waals surface area (Å²) in [4.78, 5) is 25.3. The molecule has 6 nitrogen and oxygen atoms in total. The molecule has 1 N–H and O–H groups in total. The Hall–Kier alpha value is -3.01. The molecule has 0 aromatic heterocycles. The minimum absolute atomic E-state index is 0.0268. The zero-order valence-corrected chi connectivity index (χ0v) is 17.2. The van der Waals surface area contributed by atoms with Crippen molar-refractivity contribution >= 4 is 39.5 Å². The van der Waals surface area contributed by atoms with E-state index in [4.69, 9.17) is 9.47 Å². The lowest BCUT2D eigenvalue weighted by atomic mass is 10.2. The van der Waals surface area contributed by atoms with Crippen LogP contribution in [0.4, 0.5) is 34.1 Å². The van der Waals surface area contributed by atoms with Gasteiger partial charge >= 0.3 is 18.4 Å². The minimum atomic E-state index is -4.54. The molecule has 160 valence electrons. The van der Waals surface area contributed by atoms with Gasteiger partial charge in [-0.25, -0.2) is 9.59 Å². The maximum absolute atomic E-state index is 13.0. The number of rotatable bonds is 7. The van der Waals surface area contributed by atoms with E-state index in [1.807, 2.05) is 0 Å². The molecule has 2 aromatic carbocycles. The van der Waals surface area contributed by atoms with Gasteiger partial charge in [0.2, 0.25) is 0 Å². The van der Waals surface area contributed by atoms with Crippen LogP contribution in [0.25, 0.3) is 0 Å². The molecule has 0 heterocycles. The van der Waals surface area contributed by atoms with Crippen molar-refractivity contribution in [2.24, 2.45) is 0 Å². The normalized spacial score (nSPS) is 10.8. The fourth-order valence-electron chi connectivity index (χ4n) is 2.34. The molecule has 0 saturated heterocycles. The maximum atomic E-state index is 13.0. The van der Waals surface area contributed by atoms with Gasteiger partial charge in [-0.3, -0.25) is 10.2 Å². The maximum Gasteiger partial charge on any atom is 0.419 e. The van der Waals surface area contributed by atoms with Gasteiger partial charge in [-0.2, -0.15) is 13.2 Å². The van der Waals surface area contributed by atoms with E-state index in [0.717, 1.165) is 17.0 Å². The number of hydrogen-bond acceptors (Lipinski definition) is 4. The molecule has 0 atom stereocenters. The molecule has 2 aromatic rings. The van der Waals surface area contributed by atoms with E-state index < -0.39 is 23.9 Å². The molecular weight excluding hydrogens is 469 g/mol. The fourth-order valence-corrected chi connectivity index (χ4v) is 2.70. The van der Waals surface area contributed by atoms with Gasteiger partial charge in [-0.15, -0.1) is 0 Å². The number of nitrogens with one attached hydrogen (secondary N) is 1. The van der Waals surface area contributed by atoms with Crippen molar-refractivity contribution in [2.45, 2.75) is 6.18 Å². The first-order valence-electron chi connectivity index (χ1n) is 8.62. The number of amides is 2. The van der Waals surface area contributed by atoms with Gasteiger partial charge in [0.05, 0.1) is 5.56 Å². The summed E-state index contributed by atoms with van der Waals surface area (Å²) >= 11 is 3.18. The number of anilines is 2. The van der Waals surface area contributed by atoms with Crippen LogP contribution in [0.5, 0.6) is 5.75 Å². The number of ether oxygens (including phenoxy) is 2. The van der Waals surface area contributed by atoms with Crippen LogP contribution in [0.3, 0.4) is 0 Å². The number of benzene rings is 2. The number of halogens is 4. The zero-order chi connectivity index (χ0) is 22.1. The number of carbonyl (C=O) groups excluding carboxylic acids is 2. The fraction of sp³-hybridized carbons (Fsp3) is 0.200. The van der Waals surface area contributed by atoms with Gasteiger partial charge < -0.3 is 9.47 Å². The van der Waals surface area contributed by atoms with Crippen molar-refractivity contribution < 1.29 is 32.2 Å². The molecule has 0 unspecified atom stereocenters. The smallest absolute Gasteiger partial charge is 0.419 e. The van der Waals surface area contributed by atoms with Gasteiger partial charge in [0.1, 0.15) is 12.4 Å². The van der Waals surface area contributed by atoms with Crippen LogP contribution in [0, 0.1) is 0 Å². The second kappa shape index (κ2) is 10.7. The average molecular weight is 487 g/mol. The van der Waals surface area contributed by atoms with Crippen molar-refractivity contribution in [3.05, 3.63) is 66.7 Å². The Kier molecular flexibility index (Phi) is 8.28. The number of hydrogen-bond donors (Lipinski definition) is 1. The van der Waals surface area contributed by atoms with Gasteiger partial charge in [0.15, 0.2) is 0 Å². The quantitative estimate of drug-likeness (QED) is 0.394. The standard InChI is InChI=1S/C20H18BrF3N2O4/c1-2-11-29-18(27)25-15-6-4-8-17(13-15)30-19(28)26(10-9-21)16-7-3-5-14(12-16)20(22,23)24/h2-8,12-13H,1,9-11H2,(H,25,27). The predicted molar refractivity (Wildman–Crippen MR) is 110 cm³/mol. The summed E-state index contributed by atoms with van der Waals surface area (Å²) in [6.07, 6.45) is -4.73. The van der Waals surface area contributed by atoms with Crippen LogP contribution in [-0.2, 0) is 10.9 Å². The number of carbonyl (C=O) groups is 2. The van der Waals surface area contributed by atoms with E-state index in [9.17, 15) is 22.8 Å². The second-order valence-corrected chi connectivity index (χ2v) is 6.59. The van der Waals surface area contributed by atoms with E-state index in [-0.39, 0.29) is 24.6 Å². The lowest BCUT2D eigenvalue weighted by Gasteiger charge is -2.22. The summed E-state index contributed by atoms with van der Waals surface area (Å²) in [5, 5.41) is 2.77. The molecule has 2 rings (SSSR count). The zero-order valence-electron chi connectivity index (χ0n) is 15.6. The predicted octanol–water partition coefficient (Wildman–Crippen LogP) is 5.84. The summed E-state index contributed by atoms with van der Waals surface area (Å²) in [6.45, 7) is 3.53. The van der Waals surface area contributed by atoms with Crippen LogP contribution in [0.1, 0.15) is 5.56 Å². The van der Waals surface area contributed by atoms with Crippen molar-refractivity contribution in [3.63, 3.8) is 0 Å². The van der Waals surface area contributed by atoms with Crippen LogP contribution >= 0.6 is 15.9 Å². The van der Waals surface area contributed by atoms with Gasteiger partial charge in [0.25, 0.3) is 0 Å². The number of nitrogens with zero attached hydrogens (tertiary/aromatic N) is 1. The summed E-state index contributed by atoms with van der Waals surface area (Å²) in [5.41, 5.74) is -0.534. The van der Waals surface area contributed by atoms with Crippen LogP contribution in [0.2, 0.25) is 0 Å². The topological polar surface area (TPSA) is 67.9 Å². The molecule has 0 bridgehead atoms. The van der Waals surface area contributed by atoms with Crippen molar-refractivity contribution in [1.29, 1.82) is 0 Å². The highest BCUT2D eigenvalue weighted by Gasteiger charge is 2.31.